The van der Waals surface area contributed by atoms with Crippen LogP contribution < -0.4 is 5.32 Å². The van der Waals surface area contributed by atoms with Crippen LogP contribution in [-0.2, 0) is 4.79 Å². The number of carbonyl (C=O) groups excluding carboxylic acids is 1. The van der Waals surface area contributed by atoms with Gasteiger partial charge in [0.25, 0.3) is 0 Å². The fourth-order valence-corrected chi connectivity index (χ4v) is 4.23. The summed E-state index contributed by atoms with van der Waals surface area (Å²) in [5, 5.41) is 14.9. The van der Waals surface area contributed by atoms with Crippen LogP contribution in [0.15, 0.2) is 42.9 Å². The molecule has 0 bridgehead atoms. The van der Waals surface area contributed by atoms with Crippen LogP contribution in [0.5, 0.6) is 0 Å². The molecule has 1 saturated carbocycles. The zero-order valence-corrected chi connectivity index (χ0v) is 17.5. The number of amides is 1. The van der Waals surface area contributed by atoms with E-state index in [2.05, 4.69) is 26.3 Å². The van der Waals surface area contributed by atoms with Gasteiger partial charge in [0.2, 0.25) is 5.91 Å². The number of benzene rings is 1. The molecule has 30 heavy (non-hydrogen) atoms. The zero-order valence-electron chi connectivity index (χ0n) is 17.5. The van der Waals surface area contributed by atoms with Crippen LogP contribution in [0.1, 0.15) is 44.5 Å². The van der Waals surface area contributed by atoms with Gasteiger partial charge in [0.05, 0.1) is 18.1 Å². The predicted molar refractivity (Wildman–Crippen MR) is 116 cm³/mol. The lowest BCUT2D eigenvalue weighted by Gasteiger charge is -2.29. The Bertz CT molecular complexity index is 1000. The maximum Gasteiger partial charge on any atom is 0.219 e. The largest absolute Gasteiger partial charge is 0.372 e. The molecule has 2 heterocycles. The molecule has 1 fully saturated rings. The standard InChI is InChI=1S/C23H29N5O2/c1-3-22(29)27-12-15-4-6-18(10-15)28(2)23(30)21-14-25-20(13-26-21)16-5-7-19-17(11-16)8-9-24-19/h5,7-9,11,13-15,18,23-24,30H,3-4,6,10,12H2,1-2H3,(H,27,29). The molecule has 2 aromatic heterocycles. The average Bonchev–Trinajstić information content (AvgIpc) is 3.45. The zero-order chi connectivity index (χ0) is 21.1. The van der Waals surface area contributed by atoms with Crippen molar-refractivity contribution >= 4 is 16.8 Å². The molecule has 1 amide bonds. The monoisotopic (exact) mass is 407 g/mol. The van der Waals surface area contributed by atoms with E-state index in [9.17, 15) is 9.90 Å². The highest BCUT2D eigenvalue weighted by molar-refractivity contribution is 5.84. The van der Waals surface area contributed by atoms with Gasteiger partial charge in [-0.2, -0.15) is 0 Å². The van der Waals surface area contributed by atoms with Crippen LogP contribution >= 0.6 is 0 Å². The first-order valence-corrected chi connectivity index (χ1v) is 10.6. The lowest BCUT2D eigenvalue weighted by atomic mass is 10.1. The summed E-state index contributed by atoms with van der Waals surface area (Å²) in [6, 6.07) is 8.42. The molecule has 0 spiro atoms. The highest BCUT2D eigenvalue weighted by Gasteiger charge is 2.31. The van der Waals surface area contributed by atoms with Crippen LogP contribution in [0.25, 0.3) is 22.2 Å². The number of H-pyrrole nitrogens is 1. The van der Waals surface area contributed by atoms with Crippen molar-refractivity contribution in [2.24, 2.45) is 5.92 Å². The van der Waals surface area contributed by atoms with Gasteiger partial charge in [0.15, 0.2) is 6.23 Å². The molecule has 158 valence electrons. The molecule has 3 N–H and O–H groups in total. The van der Waals surface area contributed by atoms with E-state index in [1.54, 1.807) is 12.4 Å². The lowest BCUT2D eigenvalue weighted by molar-refractivity contribution is -0.120. The number of aliphatic hydroxyl groups is 1. The van der Waals surface area contributed by atoms with Gasteiger partial charge in [-0.25, -0.2) is 0 Å². The van der Waals surface area contributed by atoms with Crippen LogP contribution in [-0.4, -0.2) is 50.5 Å². The molecule has 1 aliphatic carbocycles. The van der Waals surface area contributed by atoms with Crippen LogP contribution in [0.2, 0.25) is 0 Å². The number of fused-ring (bicyclic) bond motifs is 1. The van der Waals surface area contributed by atoms with E-state index in [1.807, 2.05) is 43.3 Å². The van der Waals surface area contributed by atoms with Gasteiger partial charge in [-0.15, -0.1) is 0 Å². The summed E-state index contributed by atoms with van der Waals surface area (Å²) in [4.78, 5) is 25.7. The number of aliphatic hydroxyl groups excluding tert-OH is 1. The van der Waals surface area contributed by atoms with E-state index in [1.165, 1.54) is 0 Å². The lowest BCUT2D eigenvalue weighted by Crippen LogP contribution is -2.35. The van der Waals surface area contributed by atoms with Gasteiger partial charge in [0, 0.05) is 41.7 Å². The Morgan fingerprint density at radius 2 is 2.17 bits per heavy atom. The molecule has 1 aromatic carbocycles. The molecule has 0 aliphatic heterocycles. The van der Waals surface area contributed by atoms with Crippen molar-refractivity contribution in [2.75, 3.05) is 13.6 Å². The first kappa shape index (κ1) is 20.5. The number of rotatable bonds is 7. The Kier molecular flexibility index (Phi) is 6.11. The summed E-state index contributed by atoms with van der Waals surface area (Å²) < 4.78 is 0. The number of carbonyl (C=O) groups is 1. The SMILES string of the molecule is CCC(=O)NCC1CCC(N(C)C(O)c2cnc(-c3ccc4[nH]ccc4c3)cn2)C1. The molecule has 4 rings (SSSR count). The molecule has 3 atom stereocenters. The summed E-state index contributed by atoms with van der Waals surface area (Å²) in [5.74, 6) is 0.551. The molecule has 7 heteroatoms. The number of nitrogens with one attached hydrogen (secondary N) is 2. The minimum absolute atomic E-state index is 0.0952. The van der Waals surface area contributed by atoms with Crippen molar-refractivity contribution in [3.8, 4) is 11.3 Å². The Balaban J connectivity index is 1.38. The molecule has 3 aromatic rings. The molecule has 1 aliphatic rings. The van der Waals surface area contributed by atoms with Crippen molar-refractivity contribution in [1.82, 2.24) is 25.2 Å². The highest BCUT2D eigenvalue weighted by Crippen LogP contribution is 2.32. The van der Waals surface area contributed by atoms with Crippen molar-refractivity contribution in [2.45, 2.75) is 44.9 Å². The third kappa shape index (κ3) is 4.37. The molecular formula is C23H29N5O2. The van der Waals surface area contributed by atoms with Gasteiger partial charge in [0.1, 0.15) is 5.69 Å². The summed E-state index contributed by atoms with van der Waals surface area (Å²) in [5.41, 5.74) is 3.41. The number of aromatic amines is 1. The van der Waals surface area contributed by atoms with Gasteiger partial charge >= 0.3 is 0 Å². The first-order chi connectivity index (χ1) is 14.5. The molecule has 3 unspecified atom stereocenters. The van der Waals surface area contributed by atoms with Crippen molar-refractivity contribution < 1.29 is 9.90 Å². The number of hydrogen-bond acceptors (Lipinski definition) is 5. The van der Waals surface area contributed by atoms with E-state index in [4.69, 9.17) is 0 Å². The van der Waals surface area contributed by atoms with Gasteiger partial charge in [-0.05, 0) is 50.4 Å². The topological polar surface area (TPSA) is 94.1 Å². The fraction of sp³-hybridized carbons (Fsp3) is 0.435. The Morgan fingerprint density at radius 1 is 1.30 bits per heavy atom. The predicted octanol–water partition coefficient (Wildman–Crippen LogP) is 3.24. The van der Waals surface area contributed by atoms with Crippen LogP contribution in [0.4, 0.5) is 0 Å². The Labute approximate surface area is 176 Å². The van der Waals surface area contributed by atoms with Crippen molar-refractivity contribution in [1.29, 1.82) is 0 Å². The maximum absolute atomic E-state index is 11.5. The van der Waals surface area contributed by atoms with E-state index >= 15 is 0 Å². The second-order valence-corrected chi connectivity index (χ2v) is 8.14. The Morgan fingerprint density at radius 3 is 2.93 bits per heavy atom. The minimum atomic E-state index is -0.798. The summed E-state index contributed by atoms with van der Waals surface area (Å²) in [6.45, 7) is 2.58. The minimum Gasteiger partial charge on any atom is -0.372 e. The smallest absolute Gasteiger partial charge is 0.219 e. The summed E-state index contributed by atoms with van der Waals surface area (Å²) in [6.07, 6.45) is 8.03. The number of aromatic nitrogens is 3. The molecule has 0 radical (unpaired) electrons. The van der Waals surface area contributed by atoms with Crippen molar-refractivity contribution in [3.05, 3.63) is 48.5 Å². The normalized spacial score (nSPS) is 20.0. The second-order valence-electron chi connectivity index (χ2n) is 8.14. The quantitative estimate of drug-likeness (QED) is 0.523. The van der Waals surface area contributed by atoms with Gasteiger partial charge < -0.3 is 15.4 Å². The second kappa shape index (κ2) is 8.93. The Hall–Kier alpha value is -2.77. The van der Waals surface area contributed by atoms with Crippen LogP contribution in [0.3, 0.4) is 0 Å². The molecule has 7 nitrogen and oxygen atoms in total. The third-order valence-corrected chi connectivity index (χ3v) is 6.17. The fourth-order valence-electron chi connectivity index (χ4n) is 4.23. The van der Waals surface area contributed by atoms with Crippen molar-refractivity contribution in [3.63, 3.8) is 0 Å². The van der Waals surface area contributed by atoms with Gasteiger partial charge in [-0.3, -0.25) is 19.7 Å². The van der Waals surface area contributed by atoms with Crippen LogP contribution in [0, 0.1) is 5.92 Å². The summed E-state index contributed by atoms with van der Waals surface area (Å²) in [7, 11) is 1.93. The van der Waals surface area contributed by atoms with E-state index < -0.39 is 6.23 Å². The summed E-state index contributed by atoms with van der Waals surface area (Å²) >= 11 is 0. The van der Waals surface area contributed by atoms with E-state index in [-0.39, 0.29) is 11.9 Å². The number of nitrogens with zero attached hydrogens (tertiary/aromatic N) is 3. The highest BCUT2D eigenvalue weighted by atomic mass is 16.3. The van der Waals surface area contributed by atoms with E-state index in [0.29, 0.717) is 24.6 Å². The number of hydrogen-bond donors (Lipinski definition) is 3. The third-order valence-electron chi connectivity index (χ3n) is 6.17. The average molecular weight is 408 g/mol. The molecular weight excluding hydrogens is 378 g/mol. The van der Waals surface area contributed by atoms with Gasteiger partial charge in [-0.1, -0.05) is 13.0 Å². The molecule has 0 saturated heterocycles. The maximum atomic E-state index is 11.5. The van der Waals surface area contributed by atoms with E-state index in [0.717, 1.165) is 41.4 Å². The first-order valence-electron chi connectivity index (χ1n) is 10.6.